The van der Waals surface area contributed by atoms with E-state index < -0.39 is 6.04 Å². The highest BCUT2D eigenvalue weighted by Crippen LogP contribution is 2.43. The number of benzene rings is 2. The summed E-state index contributed by atoms with van der Waals surface area (Å²) >= 11 is 1.80. The van der Waals surface area contributed by atoms with Gasteiger partial charge in [0, 0.05) is 41.5 Å². The summed E-state index contributed by atoms with van der Waals surface area (Å²) in [5, 5.41) is 4.22. The lowest BCUT2D eigenvalue weighted by Gasteiger charge is -2.32. The maximum atomic E-state index is 14.1. The van der Waals surface area contributed by atoms with Crippen molar-refractivity contribution in [3.05, 3.63) is 93.9 Å². The van der Waals surface area contributed by atoms with Gasteiger partial charge in [-0.05, 0) is 61.0 Å². The van der Waals surface area contributed by atoms with Crippen LogP contribution < -0.4 is 14.8 Å². The zero-order valence-electron chi connectivity index (χ0n) is 21.5. The number of hydrogen-bond acceptors (Lipinski definition) is 5. The molecule has 0 spiro atoms. The summed E-state index contributed by atoms with van der Waals surface area (Å²) in [6.45, 7) is 2.32. The molecular formula is C29H29FN4O3S. The Hall–Kier alpha value is -3.82. The molecule has 196 valence electrons. The number of aromatic nitrogens is 1. The number of likely N-dealkylation sites (N-methyl/N-ethyl adjacent to an activating group) is 1. The second kappa shape index (κ2) is 9.81. The fraction of sp³-hybridized carbons (Fsp3) is 0.276. The van der Waals surface area contributed by atoms with E-state index in [1.807, 2.05) is 17.0 Å². The number of halogens is 1. The van der Waals surface area contributed by atoms with E-state index in [9.17, 15) is 9.18 Å². The van der Waals surface area contributed by atoms with E-state index in [4.69, 9.17) is 9.47 Å². The molecule has 4 heterocycles. The highest BCUT2D eigenvalue weighted by atomic mass is 32.1. The fourth-order valence-electron chi connectivity index (χ4n) is 5.46. The number of carbonyl (C=O) groups excluding carboxylic acids is 1. The van der Waals surface area contributed by atoms with Crippen LogP contribution in [0.2, 0.25) is 0 Å². The van der Waals surface area contributed by atoms with Crippen molar-refractivity contribution in [2.75, 3.05) is 33.1 Å². The molecule has 0 saturated carbocycles. The molecule has 9 heteroatoms. The molecule has 1 N–H and O–H groups in total. The lowest BCUT2D eigenvalue weighted by atomic mass is 10.0. The predicted octanol–water partition coefficient (Wildman–Crippen LogP) is 5.82. The fourth-order valence-corrected chi connectivity index (χ4v) is 6.90. The highest BCUT2D eigenvalue weighted by Gasteiger charge is 2.36. The Balaban J connectivity index is 1.46. The second-order valence-corrected chi connectivity index (χ2v) is 10.7. The molecule has 1 unspecified atom stereocenters. The van der Waals surface area contributed by atoms with Gasteiger partial charge in [0.2, 0.25) is 0 Å². The molecule has 2 aromatic carbocycles. The van der Waals surface area contributed by atoms with Gasteiger partial charge in [0.15, 0.2) is 11.5 Å². The number of anilines is 1. The molecule has 0 radical (unpaired) electrons. The van der Waals surface area contributed by atoms with E-state index in [0.717, 1.165) is 35.8 Å². The average molecular weight is 533 g/mol. The van der Waals surface area contributed by atoms with Crippen LogP contribution in [0.15, 0.2) is 60.8 Å². The first kappa shape index (κ1) is 24.5. The standard InChI is InChI=1S/C29H29FN4O3S/c1-32-14-12-21-22-16-34(29(35)31-20-10-11-24(36-2)25(15-20)37-3)27(18-6-8-19(30)9-7-18)23-5-4-13-33(23)28(22)38-26(21)17-32/h4-11,13,15,27H,12,14,16-17H2,1-3H3,(H,31,35). The molecule has 4 aromatic rings. The Bertz CT molecular complexity index is 1500. The lowest BCUT2D eigenvalue weighted by Crippen LogP contribution is -2.38. The van der Waals surface area contributed by atoms with Crippen molar-refractivity contribution in [2.45, 2.75) is 25.6 Å². The first-order chi connectivity index (χ1) is 18.5. The van der Waals surface area contributed by atoms with Crippen LogP contribution in [0.3, 0.4) is 0 Å². The summed E-state index contributed by atoms with van der Waals surface area (Å²) in [4.78, 5) is 19.6. The highest BCUT2D eigenvalue weighted by molar-refractivity contribution is 7.15. The summed E-state index contributed by atoms with van der Waals surface area (Å²) in [5.41, 5.74) is 4.93. The van der Waals surface area contributed by atoms with E-state index in [-0.39, 0.29) is 11.8 Å². The molecule has 0 saturated heterocycles. The third-order valence-electron chi connectivity index (χ3n) is 7.34. The van der Waals surface area contributed by atoms with Crippen LogP contribution in [-0.4, -0.2) is 48.2 Å². The number of methoxy groups -OCH3 is 2. The molecule has 1 atom stereocenters. The zero-order chi connectivity index (χ0) is 26.4. The van der Waals surface area contributed by atoms with Crippen LogP contribution in [0.5, 0.6) is 11.5 Å². The van der Waals surface area contributed by atoms with Crippen LogP contribution in [0.1, 0.15) is 33.3 Å². The van der Waals surface area contributed by atoms with Crippen molar-refractivity contribution in [1.29, 1.82) is 0 Å². The summed E-state index contributed by atoms with van der Waals surface area (Å²) < 4.78 is 26.9. The minimum absolute atomic E-state index is 0.250. The van der Waals surface area contributed by atoms with Crippen molar-refractivity contribution in [1.82, 2.24) is 14.4 Å². The predicted molar refractivity (Wildman–Crippen MR) is 146 cm³/mol. The van der Waals surface area contributed by atoms with Crippen molar-refractivity contribution >= 4 is 23.1 Å². The van der Waals surface area contributed by atoms with Gasteiger partial charge in [0.25, 0.3) is 0 Å². The Labute approximate surface area is 225 Å². The number of thiophene rings is 1. The van der Waals surface area contributed by atoms with Crippen molar-refractivity contribution in [2.24, 2.45) is 0 Å². The summed E-state index contributed by atoms with van der Waals surface area (Å²) in [6.07, 6.45) is 3.01. The van der Waals surface area contributed by atoms with Crippen LogP contribution in [0.25, 0.3) is 5.00 Å². The molecule has 0 bridgehead atoms. The third-order valence-corrected chi connectivity index (χ3v) is 8.60. The molecule has 7 nitrogen and oxygen atoms in total. The number of fused-ring (bicyclic) bond motifs is 5. The average Bonchev–Trinajstić information content (AvgIpc) is 3.50. The van der Waals surface area contributed by atoms with Gasteiger partial charge in [-0.1, -0.05) is 12.1 Å². The van der Waals surface area contributed by atoms with Gasteiger partial charge in [-0.15, -0.1) is 11.3 Å². The number of nitrogens with zero attached hydrogens (tertiary/aromatic N) is 3. The molecule has 2 amide bonds. The van der Waals surface area contributed by atoms with Crippen LogP contribution in [-0.2, 0) is 19.5 Å². The number of ether oxygens (including phenoxy) is 2. The van der Waals surface area contributed by atoms with Gasteiger partial charge in [-0.3, -0.25) is 0 Å². The number of amides is 2. The van der Waals surface area contributed by atoms with Gasteiger partial charge in [-0.25, -0.2) is 9.18 Å². The molecular weight excluding hydrogens is 503 g/mol. The molecule has 2 aromatic heterocycles. The molecule has 0 aliphatic carbocycles. The zero-order valence-corrected chi connectivity index (χ0v) is 22.3. The Kier molecular flexibility index (Phi) is 6.33. The minimum atomic E-state index is -0.410. The molecule has 2 aliphatic heterocycles. The van der Waals surface area contributed by atoms with Crippen LogP contribution in [0, 0.1) is 5.82 Å². The molecule has 2 aliphatic rings. The smallest absolute Gasteiger partial charge is 0.322 e. The quantitative estimate of drug-likeness (QED) is 0.360. The molecule has 0 fully saturated rings. The monoisotopic (exact) mass is 532 g/mol. The largest absolute Gasteiger partial charge is 0.493 e. The van der Waals surface area contributed by atoms with E-state index >= 15 is 0 Å². The van der Waals surface area contributed by atoms with Crippen LogP contribution >= 0.6 is 11.3 Å². The summed E-state index contributed by atoms with van der Waals surface area (Å²) in [6, 6.07) is 15.1. The molecule has 6 rings (SSSR count). The Morgan fingerprint density at radius 2 is 1.82 bits per heavy atom. The first-order valence-electron chi connectivity index (χ1n) is 12.5. The number of nitrogens with one attached hydrogen (secondary N) is 1. The van der Waals surface area contributed by atoms with Crippen molar-refractivity contribution in [3.63, 3.8) is 0 Å². The van der Waals surface area contributed by atoms with Gasteiger partial charge in [0.1, 0.15) is 10.8 Å². The van der Waals surface area contributed by atoms with Gasteiger partial charge in [-0.2, -0.15) is 0 Å². The SMILES string of the molecule is COc1ccc(NC(=O)N2Cc3c(sc4c3CCN(C)C4)-n3cccc3C2c2ccc(F)cc2)cc1OC. The number of carbonyl (C=O) groups is 1. The van der Waals surface area contributed by atoms with Gasteiger partial charge < -0.3 is 29.2 Å². The second-order valence-electron chi connectivity index (χ2n) is 9.66. The number of urea groups is 1. The third kappa shape index (κ3) is 4.21. The topological polar surface area (TPSA) is 59.0 Å². The Morgan fingerprint density at radius 1 is 1.03 bits per heavy atom. The van der Waals surface area contributed by atoms with Gasteiger partial charge >= 0.3 is 6.03 Å². The normalized spacial score (nSPS) is 16.7. The molecule has 38 heavy (non-hydrogen) atoms. The first-order valence-corrected chi connectivity index (χ1v) is 13.3. The van der Waals surface area contributed by atoms with E-state index in [0.29, 0.717) is 23.7 Å². The number of hydrogen-bond donors (Lipinski definition) is 1. The van der Waals surface area contributed by atoms with Gasteiger partial charge in [0.05, 0.1) is 32.5 Å². The number of rotatable bonds is 4. The lowest BCUT2D eigenvalue weighted by molar-refractivity contribution is 0.194. The maximum absolute atomic E-state index is 14.1. The van der Waals surface area contributed by atoms with Crippen LogP contribution in [0.4, 0.5) is 14.9 Å². The summed E-state index contributed by atoms with van der Waals surface area (Å²) in [7, 11) is 5.28. The van der Waals surface area contributed by atoms with Crippen molar-refractivity contribution < 1.29 is 18.7 Å². The maximum Gasteiger partial charge on any atom is 0.322 e. The van der Waals surface area contributed by atoms with E-state index in [1.54, 1.807) is 55.9 Å². The van der Waals surface area contributed by atoms with E-state index in [2.05, 4.69) is 28.0 Å². The summed E-state index contributed by atoms with van der Waals surface area (Å²) in [5.74, 6) is 0.807. The van der Waals surface area contributed by atoms with E-state index in [1.165, 1.54) is 28.1 Å². The Morgan fingerprint density at radius 3 is 2.58 bits per heavy atom. The minimum Gasteiger partial charge on any atom is -0.493 e. The van der Waals surface area contributed by atoms with Crippen molar-refractivity contribution in [3.8, 4) is 16.5 Å².